The molecule has 2 aromatic rings. The van der Waals surface area contributed by atoms with Crippen molar-refractivity contribution in [2.75, 3.05) is 44.0 Å². The van der Waals surface area contributed by atoms with Crippen LogP contribution in [0.2, 0.25) is 5.02 Å². The number of halogens is 2. The Labute approximate surface area is 185 Å². The van der Waals surface area contributed by atoms with Crippen LogP contribution in [-0.2, 0) is 11.3 Å². The van der Waals surface area contributed by atoms with E-state index in [-0.39, 0.29) is 16.7 Å². The molecule has 1 saturated heterocycles. The zero-order valence-corrected chi connectivity index (χ0v) is 18.0. The highest BCUT2D eigenvalue weighted by Crippen LogP contribution is 2.30. The number of nitrogens with one attached hydrogen (secondary N) is 3. The number of ether oxygens (including phenoxy) is 1. The van der Waals surface area contributed by atoms with Crippen LogP contribution in [0, 0.1) is 5.82 Å². The molecular formula is C22H25ClFN5O2. The Morgan fingerprint density at radius 1 is 1.35 bits per heavy atom. The number of para-hydroxylation sites is 1. The summed E-state index contributed by atoms with van der Waals surface area (Å²) in [6, 6.07) is 11.9. The Hall–Kier alpha value is -2.68. The second-order valence-electron chi connectivity index (χ2n) is 7.67. The second-order valence-corrected chi connectivity index (χ2v) is 8.10. The van der Waals surface area contributed by atoms with E-state index in [2.05, 4.69) is 22.0 Å². The molecule has 7 nitrogen and oxygen atoms in total. The first kappa shape index (κ1) is 21.5. The van der Waals surface area contributed by atoms with E-state index in [0.717, 1.165) is 17.1 Å². The van der Waals surface area contributed by atoms with Gasteiger partial charge in [0.05, 0.1) is 24.4 Å². The van der Waals surface area contributed by atoms with E-state index in [0.29, 0.717) is 39.2 Å². The van der Waals surface area contributed by atoms with E-state index in [1.807, 2.05) is 18.2 Å². The SMILES string of the molecule is COCCN=C1Nc2ccccc2CNC12CCN(C(=O)Nc1ccc(Cl)cc1F)C2. The molecule has 1 fully saturated rings. The highest BCUT2D eigenvalue weighted by Gasteiger charge is 2.45. The quantitative estimate of drug-likeness (QED) is 0.627. The average molecular weight is 446 g/mol. The summed E-state index contributed by atoms with van der Waals surface area (Å²) in [5.74, 6) is 0.212. The van der Waals surface area contributed by atoms with Crippen LogP contribution in [0.25, 0.3) is 0 Å². The smallest absolute Gasteiger partial charge is 0.322 e. The number of benzene rings is 2. The van der Waals surface area contributed by atoms with Gasteiger partial charge in [0.25, 0.3) is 0 Å². The lowest BCUT2D eigenvalue weighted by Crippen LogP contribution is -2.55. The van der Waals surface area contributed by atoms with Gasteiger partial charge in [-0.3, -0.25) is 10.3 Å². The molecule has 4 rings (SSSR count). The van der Waals surface area contributed by atoms with Gasteiger partial charge in [-0.2, -0.15) is 0 Å². The predicted octanol–water partition coefficient (Wildman–Crippen LogP) is 3.72. The van der Waals surface area contributed by atoms with Gasteiger partial charge in [0.15, 0.2) is 0 Å². The van der Waals surface area contributed by atoms with Gasteiger partial charge in [0.1, 0.15) is 11.7 Å². The van der Waals surface area contributed by atoms with Crippen molar-refractivity contribution < 1.29 is 13.9 Å². The molecule has 2 aliphatic rings. The van der Waals surface area contributed by atoms with Crippen LogP contribution in [0.15, 0.2) is 47.5 Å². The third-order valence-electron chi connectivity index (χ3n) is 5.64. The van der Waals surface area contributed by atoms with Crippen LogP contribution in [0.5, 0.6) is 0 Å². The summed E-state index contributed by atoms with van der Waals surface area (Å²) in [5, 5.41) is 10.0. The summed E-state index contributed by atoms with van der Waals surface area (Å²) in [7, 11) is 1.64. The molecule has 2 heterocycles. The Bertz CT molecular complexity index is 1000. The number of amidine groups is 1. The number of aliphatic imine (C=N–C) groups is 1. The van der Waals surface area contributed by atoms with Crippen molar-refractivity contribution in [1.29, 1.82) is 0 Å². The number of methoxy groups -OCH3 is 1. The third kappa shape index (κ3) is 4.66. The van der Waals surface area contributed by atoms with Crippen LogP contribution >= 0.6 is 11.6 Å². The van der Waals surface area contributed by atoms with E-state index >= 15 is 0 Å². The van der Waals surface area contributed by atoms with Crippen LogP contribution in [-0.4, -0.2) is 55.7 Å². The van der Waals surface area contributed by atoms with Crippen LogP contribution in [0.3, 0.4) is 0 Å². The average Bonchev–Trinajstić information content (AvgIpc) is 3.13. The molecule has 0 saturated carbocycles. The minimum Gasteiger partial charge on any atom is -0.383 e. The van der Waals surface area contributed by atoms with E-state index in [1.165, 1.54) is 12.1 Å². The maximum atomic E-state index is 14.1. The number of anilines is 2. The molecule has 0 radical (unpaired) electrons. The van der Waals surface area contributed by atoms with E-state index in [9.17, 15) is 9.18 Å². The maximum Gasteiger partial charge on any atom is 0.322 e. The molecule has 2 amide bonds. The van der Waals surface area contributed by atoms with Crippen molar-refractivity contribution >= 4 is 34.8 Å². The van der Waals surface area contributed by atoms with Gasteiger partial charge in [-0.1, -0.05) is 29.8 Å². The van der Waals surface area contributed by atoms with Gasteiger partial charge < -0.3 is 20.3 Å². The second kappa shape index (κ2) is 9.21. The molecule has 164 valence electrons. The van der Waals surface area contributed by atoms with Crippen molar-refractivity contribution in [1.82, 2.24) is 10.2 Å². The number of amides is 2. The summed E-state index contributed by atoms with van der Waals surface area (Å²) in [4.78, 5) is 19.3. The van der Waals surface area contributed by atoms with Gasteiger partial charge in [0, 0.05) is 37.5 Å². The summed E-state index contributed by atoms with van der Waals surface area (Å²) in [6.45, 7) is 2.57. The topological polar surface area (TPSA) is 78.0 Å². The van der Waals surface area contributed by atoms with Crippen LogP contribution < -0.4 is 16.0 Å². The minimum atomic E-state index is -0.568. The Kier molecular flexibility index (Phi) is 6.41. The normalized spacial score (nSPS) is 21.6. The molecule has 9 heteroatoms. The molecule has 0 bridgehead atoms. The summed E-state index contributed by atoms with van der Waals surface area (Å²) >= 11 is 5.80. The monoisotopic (exact) mass is 445 g/mol. The molecule has 0 aromatic heterocycles. The molecule has 1 atom stereocenters. The Balaban J connectivity index is 1.54. The summed E-state index contributed by atoms with van der Waals surface area (Å²) in [6.07, 6.45) is 0.677. The summed E-state index contributed by atoms with van der Waals surface area (Å²) in [5.41, 5.74) is 1.70. The van der Waals surface area contributed by atoms with E-state index in [1.54, 1.807) is 18.1 Å². The molecule has 2 aliphatic heterocycles. The first-order valence-corrected chi connectivity index (χ1v) is 10.5. The number of urea groups is 1. The highest BCUT2D eigenvalue weighted by molar-refractivity contribution is 6.30. The van der Waals surface area contributed by atoms with Crippen LogP contribution in [0.1, 0.15) is 12.0 Å². The number of likely N-dealkylation sites (tertiary alicyclic amines) is 1. The van der Waals surface area contributed by atoms with Crippen LogP contribution in [0.4, 0.5) is 20.6 Å². The molecule has 0 aliphatic carbocycles. The number of carbonyl (C=O) groups excluding carboxylic acids is 1. The van der Waals surface area contributed by atoms with Gasteiger partial charge in [0.2, 0.25) is 0 Å². The summed E-state index contributed by atoms with van der Waals surface area (Å²) < 4.78 is 19.3. The lowest BCUT2D eigenvalue weighted by molar-refractivity contribution is 0.207. The number of fused-ring (bicyclic) bond motifs is 1. The minimum absolute atomic E-state index is 0.101. The highest BCUT2D eigenvalue weighted by atomic mass is 35.5. The van der Waals surface area contributed by atoms with Crippen molar-refractivity contribution in [3.05, 3.63) is 58.9 Å². The first-order chi connectivity index (χ1) is 15.0. The molecule has 2 aromatic carbocycles. The van der Waals surface area contributed by atoms with Gasteiger partial charge in [-0.05, 0) is 36.2 Å². The molecule has 31 heavy (non-hydrogen) atoms. The van der Waals surface area contributed by atoms with Crippen molar-refractivity contribution in [3.63, 3.8) is 0 Å². The number of rotatable bonds is 4. The largest absolute Gasteiger partial charge is 0.383 e. The molecule has 1 unspecified atom stereocenters. The van der Waals surface area contributed by atoms with Crippen molar-refractivity contribution in [2.45, 2.75) is 18.5 Å². The number of nitrogens with zero attached hydrogens (tertiary/aromatic N) is 2. The molecular weight excluding hydrogens is 421 g/mol. The number of hydrogen-bond donors (Lipinski definition) is 3. The van der Waals surface area contributed by atoms with Gasteiger partial charge >= 0.3 is 6.03 Å². The van der Waals surface area contributed by atoms with Crippen molar-refractivity contribution in [2.24, 2.45) is 4.99 Å². The number of hydrogen-bond acceptors (Lipinski definition) is 4. The van der Waals surface area contributed by atoms with Gasteiger partial charge in [-0.25, -0.2) is 9.18 Å². The fraction of sp³-hybridized carbons (Fsp3) is 0.364. The molecule has 3 N–H and O–H groups in total. The van der Waals surface area contributed by atoms with Gasteiger partial charge in [-0.15, -0.1) is 0 Å². The standard InChI is InChI=1S/C22H25ClFN5O2/c1-31-11-9-25-20-22(26-13-15-4-2-3-5-18(15)27-20)8-10-29(14-22)21(30)28-19-7-6-16(23)12-17(19)24/h2-7,12,26H,8-11,13-14H2,1H3,(H,25,27)(H,28,30). The van der Waals surface area contributed by atoms with E-state index < -0.39 is 11.4 Å². The maximum absolute atomic E-state index is 14.1. The van der Waals surface area contributed by atoms with Crippen molar-refractivity contribution in [3.8, 4) is 0 Å². The zero-order valence-electron chi connectivity index (χ0n) is 17.3. The van der Waals surface area contributed by atoms with E-state index in [4.69, 9.17) is 21.3 Å². The predicted molar refractivity (Wildman–Crippen MR) is 120 cm³/mol. The fourth-order valence-corrected chi connectivity index (χ4v) is 4.10. The number of carbonyl (C=O) groups is 1. The zero-order chi connectivity index (χ0) is 21.8. The fourth-order valence-electron chi connectivity index (χ4n) is 3.94. The molecule has 1 spiro atoms. The Morgan fingerprint density at radius 2 is 2.19 bits per heavy atom. The lowest BCUT2D eigenvalue weighted by Gasteiger charge is -2.30. The first-order valence-electron chi connectivity index (χ1n) is 10.2. The Morgan fingerprint density at radius 3 is 3.00 bits per heavy atom. The third-order valence-corrected chi connectivity index (χ3v) is 5.87. The lowest BCUT2D eigenvalue weighted by atomic mass is 9.96.